The number of aliphatic hydroxyl groups is 1. The first-order valence-corrected chi connectivity index (χ1v) is 8.77. The van der Waals surface area contributed by atoms with E-state index in [1.54, 1.807) is 21.0 Å². The summed E-state index contributed by atoms with van der Waals surface area (Å²) in [6.45, 7) is 5.35. The second kappa shape index (κ2) is 7.79. The first-order valence-electron chi connectivity index (χ1n) is 8.77. The Morgan fingerprint density at radius 3 is 2.62 bits per heavy atom. The molecule has 5 heteroatoms. The van der Waals surface area contributed by atoms with Gasteiger partial charge in [0.25, 0.3) is 0 Å². The highest BCUT2D eigenvalue weighted by atomic mass is 16.5. The highest BCUT2D eigenvalue weighted by Gasteiger charge is 2.16. The fourth-order valence-electron chi connectivity index (χ4n) is 2.80. The second-order valence-corrected chi connectivity index (χ2v) is 7.00. The van der Waals surface area contributed by atoms with E-state index in [1.807, 2.05) is 24.3 Å². The van der Waals surface area contributed by atoms with Crippen LogP contribution in [-0.4, -0.2) is 42.5 Å². The highest BCUT2D eigenvalue weighted by molar-refractivity contribution is 5.66. The van der Waals surface area contributed by atoms with Gasteiger partial charge >= 0.3 is 0 Å². The van der Waals surface area contributed by atoms with Crippen molar-refractivity contribution >= 4 is 11.3 Å². The Labute approximate surface area is 154 Å². The predicted molar refractivity (Wildman–Crippen MR) is 103 cm³/mol. The van der Waals surface area contributed by atoms with Crippen molar-refractivity contribution in [2.75, 3.05) is 31.7 Å². The summed E-state index contributed by atoms with van der Waals surface area (Å²) in [6.07, 6.45) is 3.11. The number of ether oxygens (including phenoxy) is 2. The summed E-state index contributed by atoms with van der Waals surface area (Å²) in [5.41, 5.74) is 2.40. The summed E-state index contributed by atoms with van der Waals surface area (Å²) in [7, 11) is 1.68. The average molecular weight is 353 g/mol. The molecule has 1 aliphatic rings. The Bertz CT molecular complexity index is 764. The lowest BCUT2D eigenvalue weighted by atomic mass is 10.0. The molecule has 1 aliphatic heterocycles. The number of hydrogen-bond donors (Lipinski definition) is 1. The molecule has 0 aliphatic carbocycles. The van der Waals surface area contributed by atoms with Crippen molar-refractivity contribution in [2.24, 2.45) is 0 Å². The molecule has 1 radical (unpaired) electrons. The number of nitrogens with zero attached hydrogens (tertiary/aromatic N) is 2. The van der Waals surface area contributed by atoms with Gasteiger partial charge in [-0.25, -0.2) is 4.98 Å². The third-order valence-corrected chi connectivity index (χ3v) is 4.21. The highest BCUT2D eigenvalue weighted by Crippen LogP contribution is 2.26. The zero-order valence-corrected chi connectivity index (χ0v) is 15.5. The van der Waals surface area contributed by atoms with Crippen LogP contribution < -0.4 is 14.4 Å². The SMILES string of the molecule is COc1ccc(N2CC=C(c3cc[c]c(OCC(C)(C)O)n3)CC2)cc1. The maximum atomic E-state index is 9.78. The van der Waals surface area contributed by atoms with Crippen molar-refractivity contribution in [3.8, 4) is 11.6 Å². The number of aromatic nitrogens is 1. The second-order valence-electron chi connectivity index (χ2n) is 7.00. The smallest absolute Gasteiger partial charge is 0.222 e. The molecule has 3 rings (SSSR count). The minimum Gasteiger partial charge on any atom is -0.497 e. The van der Waals surface area contributed by atoms with Gasteiger partial charge in [-0.15, -0.1) is 0 Å². The number of methoxy groups -OCH3 is 1. The lowest BCUT2D eigenvalue weighted by Crippen LogP contribution is -2.28. The van der Waals surface area contributed by atoms with Crippen molar-refractivity contribution < 1.29 is 14.6 Å². The van der Waals surface area contributed by atoms with Crippen LogP contribution in [0.5, 0.6) is 11.6 Å². The summed E-state index contributed by atoms with van der Waals surface area (Å²) in [6, 6.07) is 14.9. The summed E-state index contributed by atoms with van der Waals surface area (Å²) in [5.74, 6) is 1.29. The van der Waals surface area contributed by atoms with Crippen LogP contribution >= 0.6 is 0 Å². The summed E-state index contributed by atoms with van der Waals surface area (Å²) in [4.78, 5) is 6.85. The van der Waals surface area contributed by atoms with Gasteiger partial charge in [0.2, 0.25) is 5.88 Å². The van der Waals surface area contributed by atoms with E-state index in [9.17, 15) is 5.11 Å². The molecule has 0 unspecified atom stereocenters. The Kier molecular flexibility index (Phi) is 5.47. The van der Waals surface area contributed by atoms with Crippen LogP contribution in [0.4, 0.5) is 5.69 Å². The van der Waals surface area contributed by atoms with E-state index in [-0.39, 0.29) is 6.61 Å². The molecule has 0 atom stereocenters. The van der Waals surface area contributed by atoms with Crippen LogP contribution in [0.1, 0.15) is 26.0 Å². The van der Waals surface area contributed by atoms with E-state index >= 15 is 0 Å². The molecule has 0 saturated carbocycles. The average Bonchev–Trinajstić information content (AvgIpc) is 2.66. The van der Waals surface area contributed by atoms with Crippen molar-refractivity contribution in [3.05, 3.63) is 54.2 Å². The quantitative estimate of drug-likeness (QED) is 0.863. The van der Waals surface area contributed by atoms with Crippen molar-refractivity contribution in [3.63, 3.8) is 0 Å². The van der Waals surface area contributed by atoms with Crippen LogP contribution in [0, 0.1) is 6.07 Å². The third kappa shape index (κ3) is 4.76. The third-order valence-electron chi connectivity index (χ3n) is 4.21. The minimum atomic E-state index is -0.894. The Morgan fingerprint density at radius 2 is 2.00 bits per heavy atom. The molecule has 1 aromatic carbocycles. The van der Waals surface area contributed by atoms with Gasteiger partial charge in [-0.2, -0.15) is 0 Å². The zero-order chi connectivity index (χ0) is 18.6. The molecule has 0 bridgehead atoms. The summed E-state index contributed by atoms with van der Waals surface area (Å²) in [5, 5.41) is 9.78. The van der Waals surface area contributed by atoms with E-state index in [0.717, 1.165) is 31.0 Å². The van der Waals surface area contributed by atoms with E-state index in [0.29, 0.717) is 5.88 Å². The first-order chi connectivity index (χ1) is 12.4. The van der Waals surface area contributed by atoms with E-state index in [2.05, 4.69) is 34.2 Å². The Hall–Kier alpha value is -2.53. The maximum Gasteiger partial charge on any atom is 0.222 e. The van der Waals surface area contributed by atoms with Gasteiger partial charge in [0, 0.05) is 24.8 Å². The Balaban J connectivity index is 1.66. The first kappa shape index (κ1) is 18.3. The van der Waals surface area contributed by atoms with Gasteiger partial charge < -0.3 is 19.5 Å². The molecule has 1 aromatic heterocycles. The van der Waals surface area contributed by atoms with Crippen molar-refractivity contribution in [2.45, 2.75) is 25.9 Å². The van der Waals surface area contributed by atoms with E-state index in [4.69, 9.17) is 9.47 Å². The maximum absolute atomic E-state index is 9.78. The van der Waals surface area contributed by atoms with Crippen LogP contribution in [0.15, 0.2) is 42.5 Å². The molecular weight excluding hydrogens is 328 g/mol. The molecule has 0 amide bonds. The van der Waals surface area contributed by atoms with Gasteiger partial charge in [0.15, 0.2) is 0 Å². The van der Waals surface area contributed by atoms with E-state index in [1.165, 1.54) is 11.3 Å². The minimum absolute atomic E-state index is 0.185. The number of anilines is 1. The van der Waals surface area contributed by atoms with Gasteiger partial charge in [-0.05, 0) is 62.2 Å². The van der Waals surface area contributed by atoms with Crippen LogP contribution in [0.3, 0.4) is 0 Å². The van der Waals surface area contributed by atoms with Crippen molar-refractivity contribution in [1.29, 1.82) is 0 Å². The van der Waals surface area contributed by atoms with E-state index < -0.39 is 5.60 Å². The van der Waals surface area contributed by atoms with Gasteiger partial charge in [0.05, 0.1) is 18.4 Å². The van der Waals surface area contributed by atoms with Crippen LogP contribution in [-0.2, 0) is 0 Å². The molecule has 1 N–H and O–H groups in total. The normalized spacial score (nSPS) is 14.8. The lowest BCUT2D eigenvalue weighted by molar-refractivity contribution is 0.0267. The molecule has 2 heterocycles. The van der Waals surface area contributed by atoms with Gasteiger partial charge in [-0.1, -0.05) is 6.08 Å². The summed E-state index contributed by atoms with van der Waals surface area (Å²) < 4.78 is 10.8. The lowest BCUT2D eigenvalue weighted by Gasteiger charge is -2.28. The molecule has 2 aromatic rings. The Morgan fingerprint density at radius 1 is 1.23 bits per heavy atom. The number of hydrogen-bond acceptors (Lipinski definition) is 5. The molecule has 137 valence electrons. The van der Waals surface area contributed by atoms with Gasteiger partial charge in [-0.3, -0.25) is 0 Å². The number of benzene rings is 1. The van der Waals surface area contributed by atoms with Crippen LogP contribution in [0.2, 0.25) is 0 Å². The molecule has 26 heavy (non-hydrogen) atoms. The summed E-state index contributed by atoms with van der Waals surface area (Å²) >= 11 is 0. The number of rotatable bonds is 6. The molecular formula is C21H25N2O3. The standard InChI is InChI=1S/C21H25N2O3/c1-21(2,24)15-26-20-6-4-5-19(22-20)16-11-13-23(14-12-16)17-7-9-18(25-3)10-8-17/h4-5,7-11,24H,12-15H2,1-3H3. The predicted octanol–water partition coefficient (Wildman–Crippen LogP) is 3.33. The largest absolute Gasteiger partial charge is 0.497 e. The fraction of sp³-hybridized carbons (Fsp3) is 0.381. The molecule has 5 nitrogen and oxygen atoms in total. The van der Waals surface area contributed by atoms with Crippen LogP contribution in [0.25, 0.3) is 5.57 Å². The fourth-order valence-corrected chi connectivity index (χ4v) is 2.80. The van der Waals surface area contributed by atoms with Crippen molar-refractivity contribution in [1.82, 2.24) is 4.98 Å². The zero-order valence-electron chi connectivity index (χ0n) is 15.5. The number of pyridine rings is 1. The topological polar surface area (TPSA) is 54.8 Å². The molecule has 0 spiro atoms. The molecule has 0 fully saturated rings. The van der Waals surface area contributed by atoms with Gasteiger partial charge in [0.1, 0.15) is 12.4 Å². The monoisotopic (exact) mass is 353 g/mol. The molecule has 0 saturated heterocycles.